The Kier molecular flexibility index (Phi) is 7.75. The van der Waals surface area contributed by atoms with Crippen molar-refractivity contribution in [2.45, 2.75) is 51.9 Å². The van der Waals surface area contributed by atoms with Crippen LogP contribution >= 0.6 is 0 Å². The number of likely N-dealkylation sites (tertiary alicyclic amines) is 1. The van der Waals surface area contributed by atoms with Crippen molar-refractivity contribution in [3.05, 3.63) is 90.0 Å². The topological polar surface area (TPSA) is 102 Å². The van der Waals surface area contributed by atoms with Crippen LogP contribution in [0.25, 0.3) is 27.7 Å². The molecule has 1 aliphatic rings. The van der Waals surface area contributed by atoms with E-state index in [0.717, 1.165) is 35.3 Å². The van der Waals surface area contributed by atoms with Gasteiger partial charge in [-0.25, -0.2) is 13.9 Å². The molecule has 1 fully saturated rings. The number of aromatic nitrogens is 4. The summed E-state index contributed by atoms with van der Waals surface area (Å²) in [6, 6.07) is 16.7. The van der Waals surface area contributed by atoms with Gasteiger partial charge in [0.1, 0.15) is 18.8 Å². The number of carbonyl (C=O) groups is 3. The Morgan fingerprint density at radius 1 is 1.05 bits per heavy atom. The highest BCUT2D eigenvalue weighted by atomic mass is 19.1. The van der Waals surface area contributed by atoms with Crippen molar-refractivity contribution in [3.63, 3.8) is 0 Å². The minimum Gasteiger partial charge on any atom is -0.354 e. The maximum atomic E-state index is 14.5. The van der Waals surface area contributed by atoms with E-state index in [0.29, 0.717) is 23.0 Å². The molecule has 1 aliphatic heterocycles. The number of hydrogen-bond donors (Lipinski definition) is 1. The van der Waals surface area contributed by atoms with E-state index >= 15 is 0 Å². The predicted octanol–water partition coefficient (Wildman–Crippen LogP) is 4.55. The van der Waals surface area contributed by atoms with Crippen LogP contribution in [0.2, 0.25) is 0 Å². The van der Waals surface area contributed by atoms with Crippen molar-refractivity contribution >= 4 is 34.1 Å². The second kappa shape index (κ2) is 11.8. The van der Waals surface area contributed by atoms with E-state index in [-0.39, 0.29) is 37.1 Å². The van der Waals surface area contributed by atoms with Gasteiger partial charge in [-0.1, -0.05) is 36.4 Å². The van der Waals surface area contributed by atoms with E-state index in [2.05, 4.69) is 15.4 Å². The van der Waals surface area contributed by atoms with Gasteiger partial charge in [-0.05, 0) is 49.9 Å². The third kappa shape index (κ3) is 5.90. The number of nitrogens with one attached hydrogen (secondary N) is 1. The molecule has 43 heavy (non-hydrogen) atoms. The summed E-state index contributed by atoms with van der Waals surface area (Å²) in [5.41, 5.74) is 5.65. The van der Waals surface area contributed by atoms with Crippen molar-refractivity contribution in [1.82, 2.24) is 29.4 Å². The smallest absolute Gasteiger partial charge is 0.243 e. The summed E-state index contributed by atoms with van der Waals surface area (Å²) in [6.45, 7) is 3.58. The largest absolute Gasteiger partial charge is 0.354 e. The first-order valence-electron chi connectivity index (χ1n) is 14.5. The Hall–Kier alpha value is -4.86. The summed E-state index contributed by atoms with van der Waals surface area (Å²) in [4.78, 5) is 44.9. The molecule has 3 aromatic heterocycles. The molecule has 0 spiro atoms. The van der Waals surface area contributed by atoms with Crippen LogP contribution in [-0.4, -0.2) is 67.0 Å². The maximum Gasteiger partial charge on any atom is 0.243 e. The Balaban J connectivity index is 1.18. The Morgan fingerprint density at radius 3 is 2.65 bits per heavy atom. The highest BCUT2D eigenvalue weighted by Gasteiger charge is 2.39. The summed E-state index contributed by atoms with van der Waals surface area (Å²) < 4.78 is 17.9. The fourth-order valence-corrected chi connectivity index (χ4v) is 5.84. The molecule has 220 valence electrons. The van der Waals surface area contributed by atoms with Crippen molar-refractivity contribution in [1.29, 1.82) is 0 Å². The number of hydrogen-bond acceptors (Lipinski definition) is 5. The number of ketones is 1. The fourth-order valence-electron chi connectivity index (χ4n) is 5.84. The van der Waals surface area contributed by atoms with Gasteiger partial charge in [0, 0.05) is 59.7 Å². The summed E-state index contributed by atoms with van der Waals surface area (Å²) in [5, 5.41) is 8.02. The molecular formula is C33H33FN6O3. The number of halogens is 1. The monoisotopic (exact) mass is 580 g/mol. The molecule has 1 saturated heterocycles. The third-order valence-corrected chi connectivity index (χ3v) is 7.99. The number of Topliss-reactive ketones (excluding diaryl/α,β-unsaturated/α-hetero) is 1. The van der Waals surface area contributed by atoms with Gasteiger partial charge in [0.15, 0.2) is 11.4 Å². The second-order valence-electron chi connectivity index (χ2n) is 11.2. The number of carbonyl (C=O) groups excluding carboxylic acids is 3. The van der Waals surface area contributed by atoms with E-state index in [1.165, 1.54) is 17.4 Å². The van der Waals surface area contributed by atoms with Crippen LogP contribution in [0.15, 0.2) is 73.2 Å². The van der Waals surface area contributed by atoms with Crippen molar-refractivity contribution < 1.29 is 18.8 Å². The van der Waals surface area contributed by atoms with Crippen molar-refractivity contribution in [2.24, 2.45) is 0 Å². The molecular weight excluding hydrogens is 547 g/mol. The van der Waals surface area contributed by atoms with E-state index in [4.69, 9.17) is 0 Å². The van der Waals surface area contributed by atoms with E-state index in [9.17, 15) is 18.8 Å². The highest BCUT2D eigenvalue weighted by Crippen LogP contribution is 2.29. The first kappa shape index (κ1) is 28.3. The van der Waals surface area contributed by atoms with Gasteiger partial charge in [0.25, 0.3) is 0 Å². The summed E-state index contributed by atoms with van der Waals surface area (Å²) in [5.74, 6) is -0.849. The number of rotatable bonds is 9. The molecule has 1 N–H and O–H groups in total. The number of aryl methyl sites for hydroxylation is 2. The van der Waals surface area contributed by atoms with E-state index in [1.807, 2.05) is 67.7 Å². The van der Waals surface area contributed by atoms with Gasteiger partial charge in [0.05, 0.1) is 12.2 Å². The van der Waals surface area contributed by atoms with Crippen LogP contribution in [0.1, 0.15) is 41.4 Å². The van der Waals surface area contributed by atoms with Crippen LogP contribution in [0, 0.1) is 6.92 Å². The summed E-state index contributed by atoms with van der Waals surface area (Å²) in [7, 11) is 0. The minimum atomic E-state index is -1.27. The van der Waals surface area contributed by atoms with Crippen LogP contribution in [0.3, 0.4) is 0 Å². The first-order chi connectivity index (χ1) is 20.8. The van der Waals surface area contributed by atoms with Crippen LogP contribution < -0.4 is 5.32 Å². The van der Waals surface area contributed by atoms with Gasteiger partial charge in [0.2, 0.25) is 11.8 Å². The number of benzene rings is 2. The maximum absolute atomic E-state index is 14.5. The van der Waals surface area contributed by atoms with Gasteiger partial charge in [-0.2, -0.15) is 5.10 Å². The molecule has 0 unspecified atom stereocenters. The average Bonchev–Trinajstić information content (AvgIpc) is 3.69. The van der Waals surface area contributed by atoms with Crippen LogP contribution in [-0.2, 0) is 22.6 Å². The van der Waals surface area contributed by atoms with Crippen molar-refractivity contribution in [3.8, 4) is 11.1 Å². The highest BCUT2D eigenvalue weighted by molar-refractivity contribution is 6.08. The molecule has 4 heterocycles. The van der Waals surface area contributed by atoms with Gasteiger partial charge in [-0.3, -0.25) is 14.4 Å². The lowest BCUT2D eigenvalue weighted by Gasteiger charge is -2.24. The van der Waals surface area contributed by atoms with E-state index < -0.39 is 12.2 Å². The third-order valence-electron chi connectivity index (χ3n) is 7.99. The van der Waals surface area contributed by atoms with Gasteiger partial charge in [-0.15, -0.1) is 0 Å². The molecule has 10 heteroatoms. The molecule has 0 aliphatic carbocycles. The lowest BCUT2D eigenvalue weighted by atomic mass is 10.0. The molecule has 2 atom stereocenters. The zero-order valence-corrected chi connectivity index (χ0v) is 24.2. The lowest BCUT2D eigenvalue weighted by molar-refractivity contribution is -0.138. The molecule has 6 rings (SSSR count). The second-order valence-corrected chi connectivity index (χ2v) is 11.2. The van der Waals surface area contributed by atoms with Gasteiger partial charge < -0.3 is 14.8 Å². The number of nitrogens with zero attached hydrogens (tertiary/aromatic N) is 5. The zero-order chi connectivity index (χ0) is 30.1. The Morgan fingerprint density at radius 2 is 1.86 bits per heavy atom. The molecule has 2 aromatic carbocycles. The predicted molar refractivity (Wildman–Crippen MR) is 161 cm³/mol. The number of alkyl halides is 1. The summed E-state index contributed by atoms with van der Waals surface area (Å²) in [6.07, 6.45) is 5.57. The van der Waals surface area contributed by atoms with Crippen LogP contribution in [0.4, 0.5) is 4.39 Å². The van der Waals surface area contributed by atoms with Crippen molar-refractivity contribution in [2.75, 3.05) is 13.1 Å². The molecule has 0 bridgehead atoms. The fraction of sp³-hybridized carbons (Fsp3) is 0.303. The standard InChI is InChI=1S/C33H33FN6O3/c1-21-13-31-36-16-25(17-40(31)37-21)24-10-11-29-27(14-24)28(22(2)41)19-38(29)20-32(42)39-18-26(34)15-30(39)33(43)35-12-6-9-23-7-4-3-5-8-23/h3-5,7-8,10-11,13-14,16-17,19,26,30H,6,9,12,15,18,20H2,1-2H3,(H,35,43)/t26-,30+/m1/s1. The Labute approximate surface area is 248 Å². The Bertz CT molecular complexity index is 1830. The molecule has 0 saturated carbocycles. The molecule has 5 aromatic rings. The quantitative estimate of drug-likeness (QED) is 0.204. The first-order valence-corrected chi connectivity index (χ1v) is 14.5. The lowest BCUT2D eigenvalue weighted by Crippen LogP contribution is -2.47. The van der Waals surface area contributed by atoms with Gasteiger partial charge >= 0.3 is 0 Å². The normalized spacial score (nSPS) is 16.7. The number of fused-ring (bicyclic) bond motifs is 2. The average molecular weight is 581 g/mol. The zero-order valence-electron chi connectivity index (χ0n) is 24.2. The number of amides is 2. The SMILES string of the molecule is CC(=O)c1cn(CC(=O)N2C[C@H](F)C[C@H]2C(=O)NCCCc2ccccc2)c2ccc(-c3cnc4cc(C)nn4c3)cc12. The molecule has 0 radical (unpaired) electrons. The minimum absolute atomic E-state index is 0.0289. The summed E-state index contributed by atoms with van der Waals surface area (Å²) >= 11 is 0. The van der Waals surface area contributed by atoms with Crippen LogP contribution in [0.5, 0.6) is 0 Å². The molecule has 2 amide bonds. The molecule has 9 nitrogen and oxygen atoms in total. The van der Waals surface area contributed by atoms with E-state index in [1.54, 1.807) is 21.5 Å².